The van der Waals surface area contributed by atoms with Gasteiger partial charge in [0.05, 0.1) is 0 Å². The molecule has 0 atom stereocenters. The molecule has 0 aromatic carbocycles. The Morgan fingerprint density at radius 1 is 1.75 bits per heavy atom. The van der Waals surface area contributed by atoms with E-state index in [0.717, 1.165) is 11.8 Å². The molecule has 8 heavy (non-hydrogen) atoms. The van der Waals surface area contributed by atoms with Crippen LogP contribution >= 0.6 is 11.8 Å². The largest absolute Gasteiger partial charge is 0.304 e. The Morgan fingerprint density at radius 3 is 2.38 bits per heavy atom. The highest BCUT2D eigenvalue weighted by atomic mass is 32.2. The van der Waals surface area contributed by atoms with Crippen molar-refractivity contribution in [2.24, 2.45) is 0 Å². The van der Waals surface area contributed by atoms with Crippen molar-refractivity contribution < 1.29 is 4.79 Å². The van der Waals surface area contributed by atoms with Gasteiger partial charge < -0.3 is 0 Å². The molecule has 1 aromatic rings. The third-order valence-corrected chi connectivity index (χ3v) is 1.32. The molecule has 0 spiro atoms. The van der Waals surface area contributed by atoms with Gasteiger partial charge in [0.2, 0.25) is 0 Å². The maximum Gasteiger partial charge on any atom is 0.304 e. The summed E-state index contributed by atoms with van der Waals surface area (Å²) in [5.74, 6) is 0. The van der Waals surface area contributed by atoms with Crippen molar-refractivity contribution >= 4 is 16.9 Å². The first kappa shape index (κ1) is 5.50. The summed E-state index contributed by atoms with van der Waals surface area (Å²) in [7, 11) is 0. The monoisotopic (exact) mass is 129 g/mol. The minimum atomic E-state index is -0.245. The van der Waals surface area contributed by atoms with E-state index in [1.165, 1.54) is 6.92 Å². The number of hydrogen-bond donors (Lipinski definition) is 0. The summed E-state index contributed by atoms with van der Waals surface area (Å²) in [6, 6.07) is 0. The van der Waals surface area contributed by atoms with Crippen molar-refractivity contribution in [1.82, 2.24) is 4.98 Å². The third-order valence-electron chi connectivity index (χ3n) is 0.576. The number of aromatic nitrogens is 1. The summed E-state index contributed by atoms with van der Waals surface area (Å²) in [5.41, 5.74) is -0.245. The number of rotatable bonds is 1. The van der Waals surface area contributed by atoms with Crippen LogP contribution in [-0.2, 0) is 4.79 Å². The number of carbonyl (C=O) groups excluding carboxylic acids is 1. The van der Waals surface area contributed by atoms with Gasteiger partial charge in [0.1, 0.15) is 0 Å². The fraction of sp³-hybridized carbons (Fsp3) is 0.250. The molecule has 0 fully saturated rings. The van der Waals surface area contributed by atoms with E-state index in [1.54, 1.807) is 0 Å². The molecule has 1 heterocycles. The molecule has 1 aromatic heterocycles. The van der Waals surface area contributed by atoms with Gasteiger partial charge in [-0.25, -0.2) is 0 Å². The van der Waals surface area contributed by atoms with Crippen molar-refractivity contribution in [2.75, 3.05) is 0 Å². The van der Waals surface area contributed by atoms with Crippen LogP contribution in [0.5, 0.6) is 0 Å². The van der Waals surface area contributed by atoms with Crippen LogP contribution < -0.4 is 5.56 Å². The number of hydrogen-bond acceptors (Lipinski definition) is 4. The lowest BCUT2D eigenvalue weighted by molar-refractivity contribution is -0.109. The van der Waals surface area contributed by atoms with Gasteiger partial charge in [0.25, 0.3) is 0 Å². The number of nitrogens with zero attached hydrogens (tertiary/aromatic N) is 1. The summed E-state index contributed by atoms with van der Waals surface area (Å²) < 4.78 is 0. The molecule has 0 saturated heterocycles. The Balaban J connectivity index is 2.47. The average Bonchev–Trinajstić information content (AvgIpc) is 2.17. The molecule has 0 saturated carbocycles. The highest BCUT2D eigenvalue weighted by Gasteiger charge is 2.13. The molecule has 0 aliphatic heterocycles. The normalized spacial score (nSPS) is 10.1. The van der Waals surface area contributed by atoms with E-state index in [9.17, 15) is 9.59 Å². The lowest BCUT2D eigenvalue weighted by Crippen LogP contribution is -1.79. The molecule has 42 valence electrons. The molecule has 0 N–H and O–H groups in total. The van der Waals surface area contributed by atoms with Gasteiger partial charge in [-0.15, -0.1) is 0 Å². The summed E-state index contributed by atoms with van der Waals surface area (Å²) in [6.07, 6.45) is 0. The average molecular weight is 129 g/mol. The molecule has 0 amide bonds. The Labute approximate surface area is 49.8 Å². The maximum absolute atomic E-state index is 10.2. The van der Waals surface area contributed by atoms with Gasteiger partial charge in [0, 0.05) is 6.92 Å². The molecule has 3 nitrogen and oxygen atoms in total. The summed E-state index contributed by atoms with van der Waals surface area (Å²) in [4.78, 5) is 23.5. The van der Waals surface area contributed by atoms with E-state index in [-0.39, 0.29) is 10.7 Å². The SMILES string of the molecule is CC(=O)Sc1nc1=O. The van der Waals surface area contributed by atoms with Crippen LogP contribution in [0.1, 0.15) is 6.92 Å². The van der Waals surface area contributed by atoms with E-state index in [0.29, 0.717) is 5.03 Å². The molecule has 0 aliphatic rings. The van der Waals surface area contributed by atoms with E-state index < -0.39 is 0 Å². The van der Waals surface area contributed by atoms with Crippen LogP contribution in [0.2, 0.25) is 0 Å². The Morgan fingerprint density at radius 2 is 2.25 bits per heavy atom. The molecule has 0 aliphatic carbocycles. The Bertz CT molecular complexity index is 223. The quantitative estimate of drug-likeness (QED) is 0.499. The minimum absolute atomic E-state index is 0.0883. The van der Waals surface area contributed by atoms with Gasteiger partial charge in [-0.1, -0.05) is 0 Å². The van der Waals surface area contributed by atoms with Gasteiger partial charge in [-0.3, -0.25) is 9.59 Å². The lowest BCUT2D eigenvalue weighted by atomic mass is 10.9. The summed E-state index contributed by atoms with van der Waals surface area (Å²) in [6.45, 7) is 1.40. The van der Waals surface area contributed by atoms with E-state index in [2.05, 4.69) is 4.98 Å². The van der Waals surface area contributed by atoms with Crippen molar-refractivity contribution in [2.45, 2.75) is 11.9 Å². The second kappa shape index (κ2) is 1.70. The van der Waals surface area contributed by atoms with Gasteiger partial charge in [0.15, 0.2) is 10.1 Å². The minimum Gasteiger partial charge on any atom is -0.287 e. The van der Waals surface area contributed by atoms with E-state index in [1.807, 2.05) is 0 Å². The highest BCUT2D eigenvalue weighted by molar-refractivity contribution is 8.13. The molecular weight excluding hydrogens is 126 g/mol. The first-order valence-electron chi connectivity index (χ1n) is 2.01. The van der Waals surface area contributed by atoms with E-state index in [4.69, 9.17) is 0 Å². The fourth-order valence-corrected chi connectivity index (χ4v) is 0.755. The van der Waals surface area contributed by atoms with Gasteiger partial charge in [-0.05, 0) is 11.8 Å². The van der Waals surface area contributed by atoms with Crippen molar-refractivity contribution in [3.05, 3.63) is 10.4 Å². The van der Waals surface area contributed by atoms with Gasteiger partial charge >= 0.3 is 5.56 Å². The predicted octanol–water partition coefficient (Wildman–Crippen LogP) is -0.0440. The van der Waals surface area contributed by atoms with Crippen molar-refractivity contribution in [1.29, 1.82) is 0 Å². The number of thioether (sulfide) groups is 1. The topological polar surface area (TPSA) is 47.0 Å². The lowest BCUT2D eigenvalue weighted by Gasteiger charge is -1.74. The smallest absolute Gasteiger partial charge is 0.287 e. The standard InChI is InChI=1S/C4H3NO2S/c1-2(6)8-4-3(7)5-4/h1H3. The molecule has 0 unspecified atom stereocenters. The summed E-state index contributed by atoms with van der Waals surface area (Å²) >= 11 is 0.890. The third kappa shape index (κ3) is 1.16. The zero-order valence-corrected chi connectivity index (χ0v) is 4.99. The Hall–Kier alpha value is -0.640. The fourth-order valence-electron chi connectivity index (χ4n) is 0.267. The molecular formula is C4H3NO2S. The second-order valence-corrected chi connectivity index (χ2v) is 2.48. The van der Waals surface area contributed by atoms with Crippen LogP contribution in [0.3, 0.4) is 0 Å². The van der Waals surface area contributed by atoms with Gasteiger partial charge in [-0.2, -0.15) is 4.98 Å². The van der Waals surface area contributed by atoms with Crippen LogP contribution in [0.15, 0.2) is 9.82 Å². The second-order valence-electron chi connectivity index (χ2n) is 1.32. The molecule has 4 heteroatoms. The zero-order chi connectivity index (χ0) is 6.15. The molecule has 0 radical (unpaired) electrons. The molecule has 0 bridgehead atoms. The first-order valence-corrected chi connectivity index (χ1v) is 2.83. The molecule has 1 rings (SSSR count). The zero-order valence-electron chi connectivity index (χ0n) is 4.17. The van der Waals surface area contributed by atoms with Crippen LogP contribution in [-0.4, -0.2) is 10.1 Å². The Kier molecular flexibility index (Phi) is 1.17. The van der Waals surface area contributed by atoms with Crippen molar-refractivity contribution in [3.8, 4) is 0 Å². The highest BCUT2D eigenvalue weighted by Crippen LogP contribution is 2.12. The summed E-state index contributed by atoms with van der Waals surface area (Å²) in [5, 5.41) is 0.257. The van der Waals surface area contributed by atoms with Crippen LogP contribution in [0, 0.1) is 0 Å². The first-order chi connectivity index (χ1) is 3.70. The van der Waals surface area contributed by atoms with E-state index >= 15 is 0 Å². The van der Waals surface area contributed by atoms with Crippen LogP contribution in [0.25, 0.3) is 0 Å². The van der Waals surface area contributed by atoms with Crippen LogP contribution in [0.4, 0.5) is 0 Å². The number of carbonyl (C=O) groups is 1. The predicted molar refractivity (Wildman–Crippen MR) is 29.4 cm³/mol. The maximum atomic E-state index is 10.2. The van der Waals surface area contributed by atoms with Crippen molar-refractivity contribution in [3.63, 3.8) is 0 Å².